The van der Waals surface area contributed by atoms with E-state index in [-0.39, 0.29) is 23.3 Å². The molecule has 20 heavy (non-hydrogen) atoms. The summed E-state index contributed by atoms with van der Waals surface area (Å²) in [6, 6.07) is 1.40. The Labute approximate surface area is 115 Å². The molecule has 4 nitrogen and oxygen atoms in total. The minimum absolute atomic E-state index is 0.182. The van der Waals surface area contributed by atoms with Crippen LogP contribution < -0.4 is 5.32 Å². The van der Waals surface area contributed by atoms with Crippen molar-refractivity contribution in [2.24, 2.45) is 11.8 Å². The molecule has 0 radical (unpaired) electrons. The van der Waals surface area contributed by atoms with E-state index >= 15 is 0 Å². The van der Waals surface area contributed by atoms with Gasteiger partial charge in [-0.25, -0.2) is 13.6 Å². The summed E-state index contributed by atoms with van der Waals surface area (Å²) in [5.41, 5.74) is -0.237. The average molecular weight is 283 g/mol. The van der Waals surface area contributed by atoms with Gasteiger partial charge in [0.2, 0.25) is 5.91 Å². The molecule has 0 aliphatic heterocycles. The molecule has 0 aromatic heterocycles. The number of hydrogen-bond donors (Lipinski definition) is 1. The third-order valence-electron chi connectivity index (χ3n) is 3.44. The Kier molecular flexibility index (Phi) is 4.01. The number of amides is 1. The molecule has 0 spiro atoms. The van der Waals surface area contributed by atoms with Crippen molar-refractivity contribution in [3.05, 3.63) is 35.4 Å². The van der Waals surface area contributed by atoms with Crippen molar-refractivity contribution >= 4 is 11.9 Å². The molecule has 1 N–H and O–H groups in total. The van der Waals surface area contributed by atoms with Crippen LogP contribution in [0.25, 0.3) is 0 Å². The normalized spacial score (nSPS) is 22.0. The van der Waals surface area contributed by atoms with Gasteiger partial charge < -0.3 is 10.1 Å². The van der Waals surface area contributed by atoms with E-state index in [1.165, 1.54) is 0 Å². The van der Waals surface area contributed by atoms with Crippen LogP contribution in [-0.2, 0) is 14.3 Å². The predicted molar refractivity (Wildman–Crippen MR) is 66.5 cm³/mol. The number of hydrogen-bond acceptors (Lipinski definition) is 3. The highest BCUT2D eigenvalue weighted by atomic mass is 19.1. The Morgan fingerprint density at radius 3 is 2.60 bits per heavy atom. The Balaban J connectivity index is 2.25. The van der Waals surface area contributed by atoms with Crippen LogP contribution in [0.3, 0.4) is 0 Å². The quantitative estimate of drug-likeness (QED) is 0.859. The molecule has 2 rings (SSSR count). The third-order valence-corrected chi connectivity index (χ3v) is 3.44. The van der Waals surface area contributed by atoms with E-state index < -0.39 is 23.6 Å². The monoisotopic (exact) mass is 283 g/mol. The van der Waals surface area contributed by atoms with Crippen LogP contribution in [0.1, 0.15) is 24.9 Å². The largest absolute Gasteiger partial charge is 0.467 e. The molecular formula is C14H15F2NO3. The van der Waals surface area contributed by atoms with Gasteiger partial charge in [-0.3, -0.25) is 4.79 Å². The average Bonchev–Trinajstić information content (AvgIpc) is 3.15. The second-order valence-corrected chi connectivity index (χ2v) is 4.95. The number of carbonyl (C=O) groups is 2. The van der Waals surface area contributed by atoms with Crippen molar-refractivity contribution in [2.75, 3.05) is 7.11 Å². The molecule has 0 saturated heterocycles. The zero-order chi connectivity index (χ0) is 14.9. The maximum absolute atomic E-state index is 13.7. The highest BCUT2D eigenvalue weighted by Gasteiger charge is 2.41. The number of nitrogens with one attached hydrogen (secondary N) is 1. The van der Waals surface area contributed by atoms with Crippen LogP contribution in [-0.4, -0.2) is 19.0 Å². The lowest BCUT2D eigenvalue weighted by atomic mass is 10.1. The molecule has 6 heteroatoms. The molecule has 1 amide bonds. The van der Waals surface area contributed by atoms with Gasteiger partial charge in [0.15, 0.2) is 6.04 Å². The van der Waals surface area contributed by atoms with Gasteiger partial charge in [-0.15, -0.1) is 0 Å². The first-order valence-corrected chi connectivity index (χ1v) is 6.27. The number of esters is 1. The molecule has 3 unspecified atom stereocenters. The number of halogens is 2. The van der Waals surface area contributed by atoms with E-state index in [1.54, 1.807) is 0 Å². The lowest BCUT2D eigenvalue weighted by molar-refractivity contribution is -0.145. The highest BCUT2D eigenvalue weighted by Crippen LogP contribution is 2.38. The lowest BCUT2D eigenvalue weighted by Crippen LogP contribution is -2.36. The number of methoxy groups -OCH3 is 1. The van der Waals surface area contributed by atoms with Crippen molar-refractivity contribution in [1.29, 1.82) is 0 Å². The van der Waals surface area contributed by atoms with Crippen molar-refractivity contribution < 1.29 is 23.1 Å². The Morgan fingerprint density at radius 2 is 2.05 bits per heavy atom. The van der Waals surface area contributed by atoms with Gasteiger partial charge in [-0.05, 0) is 30.5 Å². The van der Waals surface area contributed by atoms with Crippen LogP contribution in [0.15, 0.2) is 18.2 Å². The molecule has 1 aliphatic carbocycles. The van der Waals surface area contributed by atoms with Crippen molar-refractivity contribution in [3.8, 4) is 0 Å². The fraction of sp³-hybridized carbons (Fsp3) is 0.429. The zero-order valence-corrected chi connectivity index (χ0v) is 11.2. The molecule has 1 aromatic rings. The maximum atomic E-state index is 13.7. The summed E-state index contributed by atoms with van der Waals surface area (Å²) in [7, 11) is 1.12. The van der Waals surface area contributed by atoms with E-state index in [4.69, 9.17) is 0 Å². The predicted octanol–water partition coefficient (Wildman–Crippen LogP) is 1.95. The molecule has 3 atom stereocenters. The van der Waals surface area contributed by atoms with Gasteiger partial charge >= 0.3 is 5.97 Å². The summed E-state index contributed by atoms with van der Waals surface area (Å²) >= 11 is 0. The van der Waals surface area contributed by atoms with Crippen molar-refractivity contribution in [2.45, 2.75) is 19.4 Å². The molecule has 1 aromatic carbocycles. The van der Waals surface area contributed by atoms with Crippen LogP contribution in [0.2, 0.25) is 0 Å². The van der Waals surface area contributed by atoms with E-state index in [0.29, 0.717) is 0 Å². The first kappa shape index (κ1) is 14.4. The van der Waals surface area contributed by atoms with Gasteiger partial charge in [0.1, 0.15) is 11.6 Å². The molecule has 1 fully saturated rings. The van der Waals surface area contributed by atoms with Crippen molar-refractivity contribution in [3.63, 3.8) is 0 Å². The molecule has 108 valence electrons. The molecule has 1 aliphatic rings. The molecule has 1 saturated carbocycles. The number of benzene rings is 1. The lowest BCUT2D eigenvalue weighted by Gasteiger charge is -2.17. The number of rotatable bonds is 4. The molecule has 0 bridgehead atoms. The fourth-order valence-electron chi connectivity index (χ4n) is 2.05. The molecule has 0 heterocycles. The minimum atomic E-state index is -1.34. The van der Waals surface area contributed by atoms with Crippen LogP contribution >= 0.6 is 0 Å². The second kappa shape index (κ2) is 5.56. The second-order valence-electron chi connectivity index (χ2n) is 4.95. The number of ether oxygens (including phenoxy) is 1. The maximum Gasteiger partial charge on any atom is 0.333 e. The summed E-state index contributed by atoms with van der Waals surface area (Å²) in [5.74, 6) is -2.59. The fourth-order valence-corrected chi connectivity index (χ4v) is 2.05. The number of carbonyl (C=O) groups excluding carboxylic acids is 2. The summed E-state index contributed by atoms with van der Waals surface area (Å²) in [6.45, 7) is 1.90. The summed E-state index contributed by atoms with van der Waals surface area (Å²) in [4.78, 5) is 23.6. The van der Waals surface area contributed by atoms with Gasteiger partial charge in [-0.1, -0.05) is 6.92 Å². The first-order valence-electron chi connectivity index (χ1n) is 6.27. The topological polar surface area (TPSA) is 55.4 Å². The Bertz CT molecular complexity index is 547. The van der Waals surface area contributed by atoms with Crippen LogP contribution in [0, 0.1) is 23.5 Å². The van der Waals surface area contributed by atoms with E-state index in [2.05, 4.69) is 10.1 Å². The third kappa shape index (κ3) is 2.95. The summed E-state index contributed by atoms with van der Waals surface area (Å²) in [5, 5.41) is 2.42. The highest BCUT2D eigenvalue weighted by molar-refractivity contribution is 5.88. The van der Waals surface area contributed by atoms with Gasteiger partial charge in [0.05, 0.1) is 7.11 Å². The smallest absolute Gasteiger partial charge is 0.333 e. The van der Waals surface area contributed by atoms with Gasteiger partial charge in [0.25, 0.3) is 0 Å². The van der Waals surface area contributed by atoms with Crippen LogP contribution in [0.5, 0.6) is 0 Å². The standard InChI is InChI=1S/C14H15F2NO3/c1-7-5-9(7)13(18)17-12(14(19)20-2)10-6-8(15)3-4-11(10)16/h3-4,6-7,9,12H,5H2,1-2H3,(H,17,18). The van der Waals surface area contributed by atoms with Gasteiger partial charge in [-0.2, -0.15) is 0 Å². The van der Waals surface area contributed by atoms with Gasteiger partial charge in [0, 0.05) is 11.5 Å². The summed E-state index contributed by atoms with van der Waals surface area (Å²) < 4.78 is 31.5. The van der Waals surface area contributed by atoms with E-state index in [0.717, 1.165) is 31.7 Å². The Morgan fingerprint density at radius 1 is 1.40 bits per heavy atom. The minimum Gasteiger partial charge on any atom is -0.467 e. The van der Waals surface area contributed by atoms with Crippen molar-refractivity contribution in [1.82, 2.24) is 5.32 Å². The summed E-state index contributed by atoms with van der Waals surface area (Å²) in [6.07, 6.45) is 0.728. The Hall–Kier alpha value is -1.98. The van der Waals surface area contributed by atoms with Crippen LogP contribution in [0.4, 0.5) is 8.78 Å². The zero-order valence-electron chi connectivity index (χ0n) is 11.2. The molecular weight excluding hydrogens is 268 g/mol. The first-order chi connectivity index (χ1) is 9.43. The van der Waals surface area contributed by atoms with E-state index in [1.807, 2.05) is 6.92 Å². The van der Waals surface area contributed by atoms with E-state index in [9.17, 15) is 18.4 Å². The SMILES string of the molecule is COC(=O)C(NC(=O)C1CC1C)c1cc(F)ccc1F.